The first-order valence-corrected chi connectivity index (χ1v) is 8.02. The zero-order chi connectivity index (χ0) is 17.7. The van der Waals surface area contributed by atoms with Crippen molar-refractivity contribution in [3.8, 4) is 0 Å². The van der Waals surface area contributed by atoms with Gasteiger partial charge >= 0.3 is 0 Å². The molecule has 2 rings (SSSR count). The highest BCUT2D eigenvalue weighted by molar-refractivity contribution is 5.95. The van der Waals surface area contributed by atoms with E-state index in [9.17, 15) is 9.59 Å². The number of hydrogen-bond acceptors (Lipinski definition) is 2. The second-order valence-corrected chi connectivity index (χ2v) is 6.87. The molecule has 0 fully saturated rings. The summed E-state index contributed by atoms with van der Waals surface area (Å²) in [4.78, 5) is 25.2. The Kier molecular flexibility index (Phi) is 5.39. The summed E-state index contributed by atoms with van der Waals surface area (Å²) in [6.07, 6.45) is 0.242. The van der Waals surface area contributed by atoms with Crippen molar-refractivity contribution in [3.63, 3.8) is 0 Å². The zero-order valence-corrected chi connectivity index (χ0v) is 14.7. The van der Waals surface area contributed by atoms with Crippen molar-refractivity contribution in [2.75, 3.05) is 0 Å². The fraction of sp³-hybridized carbons (Fsp3) is 0.300. The minimum Gasteiger partial charge on any atom is -0.273 e. The molecule has 2 aromatic carbocycles. The maximum Gasteiger partial charge on any atom is 0.269 e. The van der Waals surface area contributed by atoms with Crippen LogP contribution in [0.4, 0.5) is 0 Å². The van der Waals surface area contributed by atoms with Crippen LogP contribution in [0.25, 0.3) is 0 Å². The maximum absolute atomic E-state index is 12.7. The Morgan fingerprint density at radius 2 is 1.67 bits per heavy atom. The Balaban J connectivity index is 2.17. The minimum atomic E-state index is -0.522. The van der Waals surface area contributed by atoms with E-state index in [4.69, 9.17) is 0 Å². The second-order valence-electron chi connectivity index (χ2n) is 6.87. The van der Waals surface area contributed by atoms with Crippen molar-refractivity contribution in [1.29, 1.82) is 0 Å². The van der Waals surface area contributed by atoms with Crippen LogP contribution >= 0.6 is 0 Å². The Hall–Kier alpha value is -2.62. The third-order valence-corrected chi connectivity index (χ3v) is 3.61. The number of nitrogens with zero attached hydrogens (tertiary/aromatic N) is 1. The van der Waals surface area contributed by atoms with Crippen LogP contribution in [0.15, 0.2) is 54.6 Å². The number of hydrogen-bond donors (Lipinski definition) is 1. The summed E-state index contributed by atoms with van der Waals surface area (Å²) in [6.45, 7) is 7.62. The first-order valence-electron chi connectivity index (χ1n) is 8.02. The zero-order valence-electron chi connectivity index (χ0n) is 14.7. The van der Waals surface area contributed by atoms with Crippen LogP contribution in [0.2, 0.25) is 0 Å². The van der Waals surface area contributed by atoms with Gasteiger partial charge in [0, 0.05) is 5.56 Å². The van der Waals surface area contributed by atoms with Crippen molar-refractivity contribution >= 4 is 11.8 Å². The first-order chi connectivity index (χ1) is 11.3. The normalized spacial score (nSPS) is 11.0. The lowest BCUT2D eigenvalue weighted by Crippen LogP contribution is -2.56. The van der Waals surface area contributed by atoms with Crippen LogP contribution < -0.4 is 5.43 Å². The van der Waals surface area contributed by atoms with E-state index in [0.717, 1.165) is 11.1 Å². The highest BCUT2D eigenvalue weighted by atomic mass is 16.2. The van der Waals surface area contributed by atoms with Crippen LogP contribution in [0.5, 0.6) is 0 Å². The number of hydrazine groups is 1. The lowest BCUT2D eigenvalue weighted by atomic mass is 10.1. The summed E-state index contributed by atoms with van der Waals surface area (Å²) < 4.78 is 0. The summed E-state index contributed by atoms with van der Waals surface area (Å²) in [5.74, 6) is -0.426. The summed E-state index contributed by atoms with van der Waals surface area (Å²) in [5.41, 5.74) is 4.70. The molecule has 0 aliphatic heterocycles. The molecule has 0 aromatic heterocycles. The molecule has 0 atom stereocenters. The van der Waals surface area contributed by atoms with E-state index in [1.165, 1.54) is 5.01 Å². The molecule has 0 heterocycles. The molecular weight excluding hydrogens is 300 g/mol. The quantitative estimate of drug-likeness (QED) is 0.878. The third-order valence-electron chi connectivity index (χ3n) is 3.61. The molecule has 0 saturated carbocycles. The van der Waals surface area contributed by atoms with Crippen LogP contribution in [0.3, 0.4) is 0 Å². The van der Waals surface area contributed by atoms with E-state index in [2.05, 4.69) is 5.43 Å². The Labute approximate surface area is 143 Å². The van der Waals surface area contributed by atoms with Gasteiger partial charge < -0.3 is 0 Å². The fourth-order valence-electron chi connectivity index (χ4n) is 2.41. The summed E-state index contributed by atoms with van der Waals surface area (Å²) in [7, 11) is 0. The first kappa shape index (κ1) is 17.7. The number of carbonyl (C=O) groups excluding carboxylic acids is 2. The molecular formula is C20H24N2O2. The van der Waals surface area contributed by atoms with Crippen molar-refractivity contribution < 1.29 is 9.59 Å². The van der Waals surface area contributed by atoms with Crippen LogP contribution in [0, 0.1) is 6.92 Å². The number of aryl methyl sites for hydroxylation is 1. The lowest BCUT2D eigenvalue weighted by molar-refractivity contribution is -0.138. The van der Waals surface area contributed by atoms with Gasteiger partial charge in [0.1, 0.15) is 0 Å². The molecule has 0 bridgehead atoms. The van der Waals surface area contributed by atoms with Crippen LogP contribution in [-0.4, -0.2) is 22.4 Å². The highest BCUT2D eigenvalue weighted by Gasteiger charge is 2.28. The number of rotatable bonds is 3. The average Bonchev–Trinajstić information content (AvgIpc) is 2.52. The Morgan fingerprint density at radius 3 is 2.25 bits per heavy atom. The molecule has 4 nitrogen and oxygen atoms in total. The third kappa shape index (κ3) is 4.69. The van der Waals surface area contributed by atoms with Gasteiger partial charge in [-0.2, -0.15) is 0 Å². The topological polar surface area (TPSA) is 49.4 Å². The molecule has 1 N–H and O–H groups in total. The van der Waals surface area contributed by atoms with E-state index < -0.39 is 5.54 Å². The van der Waals surface area contributed by atoms with E-state index >= 15 is 0 Å². The standard InChI is InChI=1S/C20H24N2O2/c1-15-9-8-12-17(13-15)19(24)21-22(20(2,3)4)18(23)14-16-10-6-5-7-11-16/h5-13H,14H2,1-4H3,(H,21,24). The Bertz CT molecular complexity index is 718. The summed E-state index contributed by atoms with van der Waals surface area (Å²) in [6, 6.07) is 16.8. The molecule has 2 aromatic rings. The van der Waals surface area contributed by atoms with Gasteiger partial charge in [-0.05, 0) is 45.4 Å². The molecule has 24 heavy (non-hydrogen) atoms. The van der Waals surface area contributed by atoms with Crippen LogP contribution in [-0.2, 0) is 11.2 Å². The van der Waals surface area contributed by atoms with E-state index in [-0.39, 0.29) is 18.2 Å². The van der Waals surface area contributed by atoms with Gasteiger partial charge in [0.2, 0.25) is 5.91 Å². The van der Waals surface area contributed by atoms with Gasteiger partial charge in [0.05, 0.1) is 12.0 Å². The molecule has 0 unspecified atom stereocenters. The number of amides is 2. The smallest absolute Gasteiger partial charge is 0.269 e. The van der Waals surface area contributed by atoms with E-state index in [0.29, 0.717) is 5.56 Å². The van der Waals surface area contributed by atoms with Gasteiger partial charge in [-0.25, -0.2) is 5.01 Å². The fourth-order valence-corrected chi connectivity index (χ4v) is 2.41. The molecule has 0 aliphatic carbocycles. The predicted octanol–water partition coefficient (Wildman–Crippen LogP) is 3.51. The van der Waals surface area contributed by atoms with Crippen LogP contribution in [0.1, 0.15) is 42.3 Å². The minimum absolute atomic E-state index is 0.144. The van der Waals surface area contributed by atoms with Crippen molar-refractivity contribution in [3.05, 3.63) is 71.3 Å². The molecule has 4 heteroatoms. The molecule has 0 spiro atoms. The van der Waals surface area contributed by atoms with E-state index in [1.54, 1.807) is 12.1 Å². The molecule has 126 valence electrons. The summed E-state index contributed by atoms with van der Waals surface area (Å²) >= 11 is 0. The van der Waals surface area contributed by atoms with Crippen molar-refractivity contribution in [2.45, 2.75) is 39.7 Å². The maximum atomic E-state index is 12.7. The Morgan fingerprint density at radius 1 is 1.00 bits per heavy atom. The van der Waals surface area contributed by atoms with Gasteiger partial charge in [-0.3, -0.25) is 15.0 Å². The second kappa shape index (κ2) is 7.30. The number of carbonyl (C=O) groups is 2. The largest absolute Gasteiger partial charge is 0.273 e. The van der Waals surface area contributed by atoms with Gasteiger partial charge in [0.25, 0.3) is 5.91 Å². The molecule has 2 amide bonds. The molecule has 0 radical (unpaired) electrons. The molecule has 0 aliphatic rings. The summed E-state index contributed by atoms with van der Waals surface area (Å²) in [5, 5.41) is 1.42. The average molecular weight is 324 g/mol. The highest BCUT2D eigenvalue weighted by Crippen LogP contribution is 2.14. The van der Waals surface area contributed by atoms with Crippen molar-refractivity contribution in [2.24, 2.45) is 0 Å². The van der Waals surface area contributed by atoms with E-state index in [1.807, 2.05) is 70.2 Å². The number of nitrogens with one attached hydrogen (secondary N) is 1. The number of benzene rings is 2. The van der Waals surface area contributed by atoms with Crippen molar-refractivity contribution in [1.82, 2.24) is 10.4 Å². The molecule has 0 saturated heterocycles. The SMILES string of the molecule is Cc1cccc(C(=O)NN(C(=O)Cc2ccccc2)C(C)(C)C)c1. The van der Waals surface area contributed by atoms with Gasteiger partial charge in [-0.1, -0.05) is 48.0 Å². The monoisotopic (exact) mass is 324 g/mol. The van der Waals surface area contributed by atoms with Gasteiger partial charge in [-0.15, -0.1) is 0 Å². The lowest BCUT2D eigenvalue weighted by Gasteiger charge is -2.35. The van der Waals surface area contributed by atoms with Gasteiger partial charge in [0.15, 0.2) is 0 Å². The predicted molar refractivity (Wildman–Crippen MR) is 95.4 cm³/mol.